The zero-order valence-electron chi connectivity index (χ0n) is 19.4. The molecule has 0 aromatic heterocycles. The summed E-state index contributed by atoms with van der Waals surface area (Å²) in [4.78, 5) is 37.8. The van der Waals surface area contributed by atoms with Crippen molar-refractivity contribution in [3.05, 3.63) is 29.6 Å². The molecule has 0 aliphatic carbocycles. The van der Waals surface area contributed by atoms with E-state index in [0.717, 1.165) is 5.56 Å². The molecule has 2 saturated heterocycles. The van der Waals surface area contributed by atoms with Crippen LogP contribution in [0.5, 0.6) is 0 Å². The third-order valence-corrected chi connectivity index (χ3v) is 6.93. The van der Waals surface area contributed by atoms with Crippen LogP contribution in [0.25, 0.3) is 0 Å². The van der Waals surface area contributed by atoms with Gasteiger partial charge in [-0.25, -0.2) is 13.5 Å². The van der Waals surface area contributed by atoms with Crippen LogP contribution in [-0.4, -0.2) is 57.8 Å². The molecule has 2 heterocycles. The van der Waals surface area contributed by atoms with Crippen LogP contribution >= 0.6 is 11.9 Å². The molecule has 0 atom stereocenters. The van der Waals surface area contributed by atoms with Crippen molar-refractivity contribution in [1.29, 1.82) is 0 Å². The highest BCUT2D eigenvalue weighted by molar-refractivity contribution is 7.96. The van der Waals surface area contributed by atoms with E-state index in [0.29, 0.717) is 25.1 Å². The largest absolute Gasteiger partial charge is 0.444 e. The van der Waals surface area contributed by atoms with Gasteiger partial charge < -0.3 is 15.0 Å². The van der Waals surface area contributed by atoms with Gasteiger partial charge in [-0.2, -0.15) is 0 Å². The van der Waals surface area contributed by atoms with E-state index in [1.165, 1.54) is 11.0 Å². The topological polar surface area (TPSA) is 79.0 Å². The number of carbonyl (C=O) groups is 3. The maximum Gasteiger partial charge on any atom is 0.410 e. The van der Waals surface area contributed by atoms with E-state index in [1.54, 1.807) is 44.9 Å². The van der Waals surface area contributed by atoms with E-state index in [9.17, 15) is 18.8 Å². The number of likely N-dealkylation sites (tertiary alicyclic amines) is 1. The lowest BCUT2D eigenvalue weighted by atomic mass is 9.92. The number of carbonyl (C=O) groups excluding carboxylic acids is 3. The number of amides is 2. The normalized spacial score (nSPS) is 19.4. The van der Waals surface area contributed by atoms with E-state index in [4.69, 9.17) is 4.74 Å². The molecule has 2 fully saturated rings. The molecule has 7 nitrogen and oxygen atoms in total. The Morgan fingerprint density at radius 1 is 1.28 bits per heavy atom. The molecule has 0 saturated carbocycles. The van der Waals surface area contributed by atoms with Crippen LogP contribution in [0.2, 0.25) is 0 Å². The van der Waals surface area contributed by atoms with Crippen molar-refractivity contribution in [1.82, 2.24) is 9.21 Å². The quantitative estimate of drug-likeness (QED) is 0.656. The molecule has 32 heavy (non-hydrogen) atoms. The monoisotopic (exact) mass is 465 g/mol. The van der Waals surface area contributed by atoms with E-state index in [1.807, 2.05) is 13.8 Å². The number of ketones is 1. The average Bonchev–Trinajstić information content (AvgIpc) is 2.60. The number of anilines is 1. The molecule has 0 radical (unpaired) electrons. The number of halogens is 1. The minimum atomic E-state index is -0.592. The van der Waals surface area contributed by atoms with Crippen LogP contribution in [0.1, 0.15) is 53.0 Å². The fourth-order valence-electron chi connectivity index (χ4n) is 3.69. The number of nitrogens with zero attached hydrogens (tertiary/aromatic N) is 2. The zero-order valence-corrected chi connectivity index (χ0v) is 20.2. The number of benzene rings is 1. The Kier molecular flexibility index (Phi) is 7.19. The zero-order chi connectivity index (χ0) is 23.7. The number of Topliss-reactive ketones (excluding diaryl/α,β-unsaturated/α-hetero) is 1. The number of piperidine rings is 1. The second kappa shape index (κ2) is 9.39. The standard InChI is InChI=1S/C23H32FN3O4S/c1-22(2,3)31-21(30)26-12-16(13-26)20(29)25-19-10-15(6-7-18(19)24)14-32-27-9-8-17(28)11-23(27,4)5/h6-7,10,16H,8-9,11-14H2,1-5H3,(H,25,29). The molecule has 0 bridgehead atoms. The Labute approximate surface area is 193 Å². The first kappa shape index (κ1) is 24.5. The van der Waals surface area contributed by atoms with Gasteiger partial charge in [-0.15, -0.1) is 0 Å². The molecule has 0 spiro atoms. The van der Waals surface area contributed by atoms with Gasteiger partial charge in [-0.3, -0.25) is 9.59 Å². The van der Waals surface area contributed by atoms with Gasteiger partial charge in [0.2, 0.25) is 5.91 Å². The third-order valence-electron chi connectivity index (χ3n) is 5.48. The Balaban J connectivity index is 1.53. The Morgan fingerprint density at radius 2 is 1.97 bits per heavy atom. The van der Waals surface area contributed by atoms with E-state index >= 15 is 0 Å². The number of nitrogens with one attached hydrogen (secondary N) is 1. The number of hydrogen-bond donors (Lipinski definition) is 1. The minimum Gasteiger partial charge on any atom is -0.444 e. The molecule has 9 heteroatoms. The predicted octanol–water partition coefficient (Wildman–Crippen LogP) is 4.22. The van der Waals surface area contributed by atoms with Crippen LogP contribution in [0.3, 0.4) is 0 Å². The Hall–Kier alpha value is -2.13. The van der Waals surface area contributed by atoms with Crippen LogP contribution in [0.15, 0.2) is 18.2 Å². The van der Waals surface area contributed by atoms with Gasteiger partial charge in [0.25, 0.3) is 0 Å². The lowest BCUT2D eigenvalue weighted by molar-refractivity contribution is -0.124. The van der Waals surface area contributed by atoms with E-state index in [2.05, 4.69) is 9.62 Å². The summed E-state index contributed by atoms with van der Waals surface area (Å²) in [6, 6.07) is 4.70. The highest BCUT2D eigenvalue weighted by Gasteiger charge is 2.38. The molecule has 176 valence electrons. The second-order valence-electron chi connectivity index (χ2n) is 10.0. The highest BCUT2D eigenvalue weighted by Crippen LogP contribution is 2.34. The molecule has 1 aromatic rings. The number of rotatable bonds is 5. The summed E-state index contributed by atoms with van der Waals surface area (Å²) in [5.74, 6) is -0.327. The number of ether oxygens (including phenoxy) is 1. The Bertz CT molecular complexity index is 894. The summed E-state index contributed by atoms with van der Waals surface area (Å²) in [6.45, 7) is 10.6. The molecule has 0 unspecified atom stereocenters. The van der Waals surface area contributed by atoms with Crippen molar-refractivity contribution in [2.24, 2.45) is 5.92 Å². The fraction of sp³-hybridized carbons (Fsp3) is 0.609. The summed E-state index contributed by atoms with van der Waals surface area (Å²) in [5.41, 5.74) is 0.201. The van der Waals surface area contributed by atoms with E-state index < -0.39 is 23.4 Å². The second-order valence-corrected chi connectivity index (χ2v) is 11.0. The average molecular weight is 466 g/mol. The van der Waals surface area contributed by atoms with Crippen LogP contribution in [0, 0.1) is 11.7 Å². The van der Waals surface area contributed by atoms with Gasteiger partial charge in [-0.05, 0) is 52.3 Å². The summed E-state index contributed by atoms with van der Waals surface area (Å²) in [5, 5.41) is 2.66. The summed E-state index contributed by atoms with van der Waals surface area (Å²) < 4.78 is 21.8. The van der Waals surface area contributed by atoms with Crippen molar-refractivity contribution < 1.29 is 23.5 Å². The number of hydrogen-bond acceptors (Lipinski definition) is 6. The van der Waals surface area contributed by atoms with Crippen LogP contribution in [-0.2, 0) is 20.1 Å². The smallest absolute Gasteiger partial charge is 0.410 e. The maximum absolute atomic E-state index is 14.3. The SMILES string of the molecule is CC(C)(C)OC(=O)N1CC(C(=O)Nc2cc(CSN3CCC(=O)CC3(C)C)ccc2F)C1. The van der Waals surface area contributed by atoms with Gasteiger partial charge in [0.05, 0.1) is 11.6 Å². The third kappa shape index (κ3) is 6.22. The molecular formula is C23H32FN3O4S. The minimum absolute atomic E-state index is 0.136. The molecule has 2 aliphatic rings. The van der Waals surface area contributed by atoms with Crippen molar-refractivity contribution in [3.63, 3.8) is 0 Å². The summed E-state index contributed by atoms with van der Waals surface area (Å²) in [7, 11) is 0. The van der Waals surface area contributed by atoms with Crippen molar-refractivity contribution in [2.75, 3.05) is 25.0 Å². The van der Waals surface area contributed by atoms with Crippen molar-refractivity contribution in [3.8, 4) is 0 Å². The molecule has 2 aliphatic heterocycles. The van der Waals surface area contributed by atoms with Gasteiger partial charge in [0.1, 0.15) is 17.2 Å². The summed E-state index contributed by atoms with van der Waals surface area (Å²) >= 11 is 1.61. The molecule has 2 amide bonds. The van der Waals surface area contributed by atoms with Gasteiger partial charge >= 0.3 is 6.09 Å². The highest BCUT2D eigenvalue weighted by atomic mass is 32.2. The van der Waals surface area contributed by atoms with E-state index in [-0.39, 0.29) is 36.0 Å². The fourth-order valence-corrected chi connectivity index (χ4v) is 4.81. The van der Waals surface area contributed by atoms with Gasteiger partial charge in [-0.1, -0.05) is 18.0 Å². The van der Waals surface area contributed by atoms with Gasteiger partial charge in [0, 0.05) is 43.8 Å². The lowest BCUT2D eigenvalue weighted by Gasteiger charge is -2.40. The molecule has 1 N–H and O–H groups in total. The first-order valence-corrected chi connectivity index (χ1v) is 11.8. The van der Waals surface area contributed by atoms with Crippen molar-refractivity contribution >= 4 is 35.4 Å². The maximum atomic E-state index is 14.3. The van der Waals surface area contributed by atoms with Crippen LogP contribution in [0.4, 0.5) is 14.9 Å². The molecule has 1 aromatic carbocycles. The first-order chi connectivity index (χ1) is 14.8. The molecular weight excluding hydrogens is 433 g/mol. The molecule has 3 rings (SSSR count). The lowest BCUT2D eigenvalue weighted by Crippen LogP contribution is -2.55. The van der Waals surface area contributed by atoms with Crippen LogP contribution < -0.4 is 5.32 Å². The van der Waals surface area contributed by atoms with Gasteiger partial charge in [0.15, 0.2) is 0 Å². The Morgan fingerprint density at radius 3 is 2.59 bits per heavy atom. The predicted molar refractivity (Wildman–Crippen MR) is 123 cm³/mol. The summed E-state index contributed by atoms with van der Waals surface area (Å²) in [6.07, 6.45) is 0.615. The van der Waals surface area contributed by atoms with Crippen molar-refractivity contribution in [2.45, 2.75) is 64.4 Å². The first-order valence-electron chi connectivity index (χ1n) is 10.8.